The Hall–Kier alpha value is -1.14. The van der Waals surface area contributed by atoms with Crippen LogP contribution < -0.4 is 5.32 Å². The number of carbonyl (C=O) groups excluding carboxylic acids is 2. The lowest BCUT2D eigenvalue weighted by Gasteiger charge is -2.31. The number of amides is 1. The van der Waals surface area contributed by atoms with Crippen molar-refractivity contribution in [3.63, 3.8) is 0 Å². The Kier molecular flexibility index (Phi) is 6.67. The fourth-order valence-electron chi connectivity index (χ4n) is 1.80. The van der Waals surface area contributed by atoms with Crippen molar-refractivity contribution < 1.29 is 14.3 Å². The van der Waals surface area contributed by atoms with E-state index in [0.29, 0.717) is 19.7 Å². The highest BCUT2D eigenvalue weighted by Crippen LogP contribution is 1.98. The molecule has 18 heavy (non-hydrogen) atoms. The predicted octanol–water partition coefficient (Wildman–Crippen LogP) is -0.697. The molecule has 1 N–H and O–H groups in total. The largest absolute Gasteiger partial charge is 0.466 e. The van der Waals surface area contributed by atoms with Crippen LogP contribution in [0.15, 0.2) is 0 Å². The van der Waals surface area contributed by atoms with Crippen molar-refractivity contribution in [2.75, 3.05) is 52.9 Å². The molecule has 0 saturated carbocycles. The van der Waals surface area contributed by atoms with Gasteiger partial charge in [-0.2, -0.15) is 0 Å². The van der Waals surface area contributed by atoms with Crippen LogP contribution in [-0.2, 0) is 14.3 Å². The number of esters is 1. The van der Waals surface area contributed by atoms with Crippen molar-refractivity contribution in [1.29, 1.82) is 0 Å². The molecule has 6 heteroatoms. The maximum atomic E-state index is 11.6. The van der Waals surface area contributed by atoms with Gasteiger partial charge in [0.2, 0.25) is 5.91 Å². The fourth-order valence-corrected chi connectivity index (χ4v) is 1.80. The average Bonchev–Trinajstić information content (AvgIpc) is 2.32. The smallest absolute Gasteiger partial charge is 0.307 e. The van der Waals surface area contributed by atoms with Crippen LogP contribution in [0.3, 0.4) is 0 Å². The van der Waals surface area contributed by atoms with E-state index in [1.54, 1.807) is 6.92 Å². The fraction of sp³-hybridized carbons (Fsp3) is 0.833. The first-order valence-corrected chi connectivity index (χ1v) is 6.45. The van der Waals surface area contributed by atoms with E-state index in [1.807, 2.05) is 0 Å². The zero-order valence-corrected chi connectivity index (χ0v) is 11.3. The molecule has 1 rings (SSSR count). The van der Waals surface area contributed by atoms with E-state index in [4.69, 9.17) is 4.74 Å². The van der Waals surface area contributed by atoms with Crippen LogP contribution in [0, 0.1) is 0 Å². The van der Waals surface area contributed by atoms with Crippen molar-refractivity contribution in [2.24, 2.45) is 0 Å². The standard InChI is InChI=1S/C12H23N3O3/c1-3-18-12(17)4-5-13-11(16)10-15-8-6-14(2)7-9-15/h3-10H2,1-2H3,(H,13,16). The molecule has 0 radical (unpaired) electrons. The Labute approximate surface area is 108 Å². The summed E-state index contributed by atoms with van der Waals surface area (Å²) in [6.45, 7) is 6.75. The third kappa shape index (κ3) is 5.97. The minimum atomic E-state index is -0.266. The molecule has 0 aliphatic carbocycles. The summed E-state index contributed by atoms with van der Waals surface area (Å²) < 4.78 is 4.78. The summed E-state index contributed by atoms with van der Waals surface area (Å²) in [5.74, 6) is -0.291. The lowest BCUT2D eigenvalue weighted by atomic mass is 10.3. The van der Waals surface area contributed by atoms with Gasteiger partial charge in [-0.05, 0) is 14.0 Å². The third-order valence-corrected chi connectivity index (χ3v) is 2.92. The molecule has 0 spiro atoms. The molecular formula is C12H23N3O3. The molecule has 1 aliphatic heterocycles. The second kappa shape index (κ2) is 8.05. The van der Waals surface area contributed by atoms with E-state index in [0.717, 1.165) is 26.2 Å². The van der Waals surface area contributed by atoms with E-state index in [2.05, 4.69) is 22.2 Å². The van der Waals surface area contributed by atoms with E-state index < -0.39 is 0 Å². The Bertz CT molecular complexity index is 276. The monoisotopic (exact) mass is 257 g/mol. The van der Waals surface area contributed by atoms with Crippen LogP contribution in [0.2, 0.25) is 0 Å². The van der Waals surface area contributed by atoms with Gasteiger partial charge in [0.25, 0.3) is 0 Å². The highest BCUT2D eigenvalue weighted by atomic mass is 16.5. The first-order chi connectivity index (χ1) is 8.61. The lowest BCUT2D eigenvalue weighted by Crippen LogP contribution is -2.48. The van der Waals surface area contributed by atoms with Gasteiger partial charge in [0, 0.05) is 32.7 Å². The molecule has 1 aliphatic rings. The topological polar surface area (TPSA) is 61.9 Å². The van der Waals surface area contributed by atoms with Crippen molar-refractivity contribution in [3.8, 4) is 0 Å². The molecule has 1 heterocycles. The van der Waals surface area contributed by atoms with Gasteiger partial charge in [-0.15, -0.1) is 0 Å². The summed E-state index contributed by atoms with van der Waals surface area (Å²) in [5.41, 5.74) is 0. The van der Waals surface area contributed by atoms with Crippen molar-refractivity contribution >= 4 is 11.9 Å². The Morgan fingerprint density at radius 2 is 1.89 bits per heavy atom. The zero-order valence-electron chi connectivity index (χ0n) is 11.3. The van der Waals surface area contributed by atoms with Gasteiger partial charge in [-0.25, -0.2) is 0 Å². The van der Waals surface area contributed by atoms with E-state index in [-0.39, 0.29) is 18.3 Å². The van der Waals surface area contributed by atoms with Gasteiger partial charge >= 0.3 is 5.97 Å². The number of nitrogens with zero attached hydrogens (tertiary/aromatic N) is 2. The molecule has 104 valence electrons. The lowest BCUT2D eigenvalue weighted by molar-refractivity contribution is -0.143. The van der Waals surface area contributed by atoms with Crippen LogP contribution in [0.1, 0.15) is 13.3 Å². The summed E-state index contributed by atoms with van der Waals surface area (Å²) in [5, 5.41) is 2.74. The summed E-state index contributed by atoms with van der Waals surface area (Å²) in [6, 6.07) is 0. The van der Waals surface area contributed by atoms with Crippen molar-refractivity contribution in [1.82, 2.24) is 15.1 Å². The highest BCUT2D eigenvalue weighted by Gasteiger charge is 2.16. The first kappa shape index (κ1) is 14.9. The van der Waals surface area contributed by atoms with Crippen LogP contribution in [0.4, 0.5) is 0 Å². The Balaban J connectivity index is 2.08. The Morgan fingerprint density at radius 3 is 2.50 bits per heavy atom. The Morgan fingerprint density at radius 1 is 1.22 bits per heavy atom. The highest BCUT2D eigenvalue weighted by molar-refractivity contribution is 5.78. The molecule has 0 aromatic heterocycles. The van der Waals surface area contributed by atoms with Gasteiger partial charge in [-0.1, -0.05) is 0 Å². The second-order valence-corrected chi connectivity index (χ2v) is 4.48. The first-order valence-electron chi connectivity index (χ1n) is 6.45. The maximum Gasteiger partial charge on any atom is 0.307 e. The van der Waals surface area contributed by atoms with Crippen LogP contribution in [-0.4, -0.2) is 74.6 Å². The molecule has 0 atom stereocenters. The van der Waals surface area contributed by atoms with E-state index in [1.165, 1.54) is 0 Å². The molecule has 0 bridgehead atoms. The minimum Gasteiger partial charge on any atom is -0.466 e. The maximum absolute atomic E-state index is 11.6. The van der Waals surface area contributed by atoms with E-state index in [9.17, 15) is 9.59 Å². The minimum absolute atomic E-state index is 0.0242. The molecule has 0 unspecified atom stereocenters. The van der Waals surface area contributed by atoms with Crippen LogP contribution >= 0.6 is 0 Å². The summed E-state index contributed by atoms with van der Waals surface area (Å²) in [4.78, 5) is 27.0. The van der Waals surface area contributed by atoms with Crippen LogP contribution in [0.25, 0.3) is 0 Å². The van der Waals surface area contributed by atoms with Gasteiger partial charge in [-0.3, -0.25) is 14.5 Å². The second-order valence-electron chi connectivity index (χ2n) is 4.48. The van der Waals surface area contributed by atoms with Crippen LogP contribution in [0.5, 0.6) is 0 Å². The summed E-state index contributed by atoms with van der Waals surface area (Å²) in [6.07, 6.45) is 0.238. The van der Waals surface area contributed by atoms with Gasteiger partial charge in [0.1, 0.15) is 0 Å². The van der Waals surface area contributed by atoms with Gasteiger partial charge < -0.3 is 15.0 Å². The molecule has 0 aromatic carbocycles. The number of likely N-dealkylation sites (N-methyl/N-ethyl adjacent to an activating group) is 1. The number of hydrogen-bond donors (Lipinski definition) is 1. The number of rotatable bonds is 6. The molecule has 1 saturated heterocycles. The zero-order chi connectivity index (χ0) is 13.4. The molecule has 1 amide bonds. The number of ether oxygens (including phenoxy) is 1. The SMILES string of the molecule is CCOC(=O)CCNC(=O)CN1CCN(C)CC1. The number of nitrogens with one attached hydrogen (secondary N) is 1. The average molecular weight is 257 g/mol. The third-order valence-electron chi connectivity index (χ3n) is 2.92. The normalized spacial score (nSPS) is 17.4. The molecular weight excluding hydrogens is 234 g/mol. The summed E-state index contributed by atoms with van der Waals surface area (Å²) in [7, 11) is 2.08. The van der Waals surface area contributed by atoms with Crippen molar-refractivity contribution in [3.05, 3.63) is 0 Å². The van der Waals surface area contributed by atoms with Gasteiger partial charge in [0.05, 0.1) is 19.6 Å². The number of hydrogen-bond acceptors (Lipinski definition) is 5. The summed E-state index contributed by atoms with van der Waals surface area (Å²) >= 11 is 0. The quantitative estimate of drug-likeness (QED) is 0.638. The molecule has 6 nitrogen and oxygen atoms in total. The van der Waals surface area contributed by atoms with Gasteiger partial charge in [0.15, 0.2) is 0 Å². The number of piperazine rings is 1. The molecule has 1 fully saturated rings. The number of carbonyl (C=O) groups is 2. The predicted molar refractivity (Wildman–Crippen MR) is 68.2 cm³/mol. The van der Waals surface area contributed by atoms with E-state index >= 15 is 0 Å². The molecule has 0 aromatic rings. The van der Waals surface area contributed by atoms with Crippen molar-refractivity contribution in [2.45, 2.75) is 13.3 Å².